The third kappa shape index (κ3) is 10.4. The van der Waals surface area contributed by atoms with Gasteiger partial charge in [-0.1, -0.05) is 32.6 Å². The molecule has 3 atom stereocenters. The fourth-order valence-corrected chi connectivity index (χ4v) is 1.70. The highest BCUT2D eigenvalue weighted by molar-refractivity contribution is 5.05. The largest absolute Gasteiger partial charge is 0.393 e. The topological polar surface area (TPSA) is 29.5 Å². The maximum atomic E-state index is 9.30. The van der Waals surface area contributed by atoms with E-state index in [1.54, 1.807) is 6.92 Å². The quantitative estimate of drug-likeness (QED) is 0.519. The van der Waals surface area contributed by atoms with E-state index in [1.165, 1.54) is 6.42 Å². The zero-order valence-corrected chi connectivity index (χ0v) is 11.8. The van der Waals surface area contributed by atoms with Crippen LogP contribution in [0.3, 0.4) is 0 Å². The van der Waals surface area contributed by atoms with Crippen molar-refractivity contribution in [3.05, 3.63) is 0 Å². The van der Waals surface area contributed by atoms with E-state index in [0.29, 0.717) is 6.42 Å². The lowest BCUT2D eigenvalue weighted by Gasteiger charge is -2.19. The number of unbranched alkanes of at least 4 members (excludes halogenated alkanes) is 2. The van der Waals surface area contributed by atoms with Gasteiger partial charge in [-0.25, -0.2) is 0 Å². The highest BCUT2D eigenvalue weighted by Crippen LogP contribution is 2.09. The third-order valence-corrected chi connectivity index (χ3v) is 2.54. The minimum atomic E-state index is -0.305. The fourth-order valence-electron chi connectivity index (χ4n) is 1.70. The van der Waals surface area contributed by atoms with E-state index in [2.05, 4.69) is 25.7 Å². The molecule has 0 aromatic carbocycles. The Kier molecular flexibility index (Phi) is 10.3. The molecule has 0 aliphatic heterocycles. The molecule has 0 fully saturated rings. The Morgan fingerprint density at radius 2 is 1.88 bits per heavy atom. The van der Waals surface area contributed by atoms with Crippen LogP contribution in [0.15, 0.2) is 0 Å². The summed E-state index contributed by atoms with van der Waals surface area (Å²) in [5, 5.41) is 9.30. The fraction of sp³-hybridized carbons (Fsp3) is 0.867. The van der Waals surface area contributed by atoms with Crippen LogP contribution in [0, 0.1) is 11.8 Å². The van der Waals surface area contributed by atoms with Crippen molar-refractivity contribution in [2.24, 2.45) is 0 Å². The third-order valence-electron chi connectivity index (χ3n) is 2.54. The van der Waals surface area contributed by atoms with Gasteiger partial charge in [-0.05, 0) is 33.1 Å². The zero-order chi connectivity index (χ0) is 13.1. The molecule has 0 spiro atoms. The first-order chi connectivity index (χ1) is 8.10. The molecule has 0 unspecified atom stereocenters. The lowest BCUT2D eigenvalue weighted by molar-refractivity contribution is -0.00175. The molecular formula is C15H28O2. The van der Waals surface area contributed by atoms with E-state index in [-0.39, 0.29) is 18.3 Å². The van der Waals surface area contributed by atoms with Crippen molar-refractivity contribution in [1.29, 1.82) is 0 Å². The molecule has 0 amide bonds. The number of aliphatic hydroxyl groups is 1. The van der Waals surface area contributed by atoms with Crippen molar-refractivity contribution >= 4 is 0 Å². The average molecular weight is 240 g/mol. The van der Waals surface area contributed by atoms with Crippen LogP contribution >= 0.6 is 0 Å². The average Bonchev–Trinajstić information content (AvgIpc) is 2.23. The van der Waals surface area contributed by atoms with E-state index in [0.717, 1.165) is 25.7 Å². The predicted octanol–water partition coefficient (Wildman–Crippen LogP) is 3.52. The van der Waals surface area contributed by atoms with E-state index >= 15 is 0 Å². The Bertz CT molecular complexity index is 225. The van der Waals surface area contributed by atoms with Crippen LogP contribution in [0.4, 0.5) is 0 Å². The summed E-state index contributed by atoms with van der Waals surface area (Å²) in [5.74, 6) is 6.40. The SMILES string of the molecule is CCCCC#C[C@H](CCC)O[C@H](C)C[C@@H](C)O. The van der Waals surface area contributed by atoms with Crippen molar-refractivity contribution in [3.63, 3.8) is 0 Å². The summed E-state index contributed by atoms with van der Waals surface area (Å²) in [6, 6.07) is 0. The van der Waals surface area contributed by atoms with E-state index in [9.17, 15) is 5.11 Å². The monoisotopic (exact) mass is 240 g/mol. The Balaban J connectivity index is 4.06. The van der Waals surface area contributed by atoms with Crippen LogP contribution in [0.1, 0.15) is 66.2 Å². The van der Waals surface area contributed by atoms with Crippen molar-refractivity contribution in [3.8, 4) is 11.8 Å². The van der Waals surface area contributed by atoms with Crippen molar-refractivity contribution in [2.75, 3.05) is 0 Å². The van der Waals surface area contributed by atoms with E-state index < -0.39 is 0 Å². The summed E-state index contributed by atoms with van der Waals surface area (Å²) in [7, 11) is 0. The Morgan fingerprint density at radius 3 is 2.41 bits per heavy atom. The van der Waals surface area contributed by atoms with Crippen molar-refractivity contribution in [1.82, 2.24) is 0 Å². The van der Waals surface area contributed by atoms with Crippen LogP contribution in [0.2, 0.25) is 0 Å². The highest BCUT2D eigenvalue weighted by Gasteiger charge is 2.12. The summed E-state index contributed by atoms with van der Waals surface area (Å²) in [5.41, 5.74) is 0. The summed E-state index contributed by atoms with van der Waals surface area (Å²) in [6.07, 6.45) is 5.85. The van der Waals surface area contributed by atoms with Gasteiger partial charge in [0.05, 0.1) is 12.2 Å². The molecule has 0 aliphatic carbocycles. The maximum Gasteiger partial charge on any atom is 0.118 e. The molecule has 1 N–H and O–H groups in total. The predicted molar refractivity (Wildman–Crippen MR) is 72.8 cm³/mol. The number of ether oxygens (including phenoxy) is 1. The minimum Gasteiger partial charge on any atom is -0.393 e. The van der Waals surface area contributed by atoms with Gasteiger partial charge in [-0.2, -0.15) is 0 Å². The van der Waals surface area contributed by atoms with Gasteiger partial charge in [-0.3, -0.25) is 0 Å². The standard InChI is InChI=1S/C15H28O2/c1-5-7-8-9-11-15(10-6-2)17-14(4)12-13(3)16/h13-16H,5-8,10,12H2,1-4H3/t13-,14-,15+/m1/s1. The molecule has 0 bridgehead atoms. The highest BCUT2D eigenvalue weighted by atomic mass is 16.5. The normalized spacial score (nSPS) is 15.8. The number of rotatable bonds is 8. The Labute approximate surface area is 107 Å². The Hall–Kier alpha value is -0.520. The summed E-state index contributed by atoms with van der Waals surface area (Å²) < 4.78 is 5.85. The molecule has 0 rings (SSSR count). The second kappa shape index (κ2) is 10.6. The maximum absolute atomic E-state index is 9.30. The van der Waals surface area contributed by atoms with E-state index in [1.807, 2.05) is 6.92 Å². The van der Waals surface area contributed by atoms with Crippen molar-refractivity contribution < 1.29 is 9.84 Å². The first kappa shape index (κ1) is 16.5. The van der Waals surface area contributed by atoms with E-state index in [4.69, 9.17) is 4.74 Å². The smallest absolute Gasteiger partial charge is 0.118 e. The van der Waals surface area contributed by atoms with Crippen LogP contribution in [0.25, 0.3) is 0 Å². The Morgan fingerprint density at radius 1 is 1.18 bits per heavy atom. The summed E-state index contributed by atoms with van der Waals surface area (Å²) in [6.45, 7) is 8.11. The first-order valence-corrected chi connectivity index (χ1v) is 6.92. The molecular weight excluding hydrogens is 212 g/mol. The molecule has 2 nitrogen and oxygen atoms in total. The van der Waals surface area contributed by atoms with Gasteiger partial charge in [0.2, 0.25) is 0 Å². The van der Waals surface area contributed by atoms with Gasteiger partial charge < -0.3 is 9.84 Å². The minimum absolute atomic E-state index is 0.0330. The molecule has 0 radical (unpaired) electrons. The molecule has 2 heteroatoms. The number of hydrogen-bond donors (Lipinski definition) is 1. The van der Waals surface area contributed by atoms with Crippen LogP contribution < -0.4 is 0 Å². The first-order valence-electron chi connectivity index (χ1n) is 6.92. The molecule has 0 heterocycles. The van der Waals surface area contributed by atoms with Gasteiger partial charge in [0.1, 0.15) is 6.10 Å². The van der Waals surface area contributed by atoms with Crippen molar-refractivity contribution in [2.45, 2.75) is 84.5 Å². The molecule has 17 heavy (non-hydrogen) atoms. The number of aliphatic hydroxyl groups excluding tert-OH is 1. The van der Waals surface area contributed by atoms with Gasteiger partial charge in [0.15, 0.2) is 0 Å². The molecule has 0 aromatic rings. The lowest BCUT2D eigenvalue weighted by atomic mass is 10.1. The van der Waals surface area contributed by atoms with Gasteiger partial charge in [0, 0.05) is 6.42 Å². The molecule has 0 aromatic heterocycles. The number of hydrogen-bond acceptors (Lipinski definition) is 2. The zero-order valence-electron chi connectivity index (χ0n) is 11.8. The van der Waals surface area contributed by atoms with Crippen LogP contribution in [0.5, 0.6) is 0 Å². The molecule has 0 aliphatic rings. The second-order valence-corrected chi connectivity index (χ2v) is 4.73. The molecule has 0 saturated carbocycles. The van der Waals surface area contributed by atoms with Gasteiger partial charge >= 0.3 is 0 Å². The summed E-state index contributed by atoms with van der Waals surface area (Å²) in [4.78, 5) is 0. The molecule has 100 valence electrons. The van der Waals surface area contributed by atoms with Crippen LogP contribution in [-0.4, -0.2) is 23.4 Å². The lowest BCUT2D eigenvalue weighted by Crippen LogP contribution is -2.22. The van der Waals surface area contributed by atoms with Gasteiger partial charge in [0.25, 0.3) is 0 Å². The second-order valence-electron chi connectivity index (χ2n) is 4.73. The summed E-state index contributed by atoms with van der Waals surface area (Å²) >= 11 is 0. The van der Waals surface area contributed by atoms with Gasteiger partial charge in [-0.15, -0.1) is 5.92 Å². The molecule has 0 saturated heterocycles. The van der Waals surface area contributed by atoms with Crippen LogP contribution in [-0.2, 0) is 4.74 Å².